The van der Waals surface area contributed by atoms with Gasteiger partial charge in [-0.2, -0.15) is 5.26 Å². The lowest BCUT2D eigenvalue weighted by Crippen LogP contribution is -2.52. The molecule has 0 spiro atoms. The molecule has 1 aliphatic carbocycles. The van der Waals surface area contributed by atoms with Crippen LogP contribution in [-0.2, 0) is 4.79 Å². The highest BCUT2D eigenvalue weighted by molar-refractivity contribution is 5.76. The van der Waals surface area contributed by atoms with Crippen molar-refractivity contribution in [2.24, 2.45) is 5.92 Å². The van der Waals surface area contributed by atoms with E-state index in [1.165, 1.54) is 4.90 Å². The van der Waals surface area contributed by atoms with Gasteiger partial charge in [0, 0.05) is 13.6 Å². The lowest BCUT2D eigenvalue weighted by Gasteiger charge is -2.31. The molecule has 6 heteroatoms. The zero-order chi connectivity index (χ0) is 14.5. The molecule has 1 rings (SSSR count). The summed E-state index contributed by atoms with van der Waals surface area (Å²) in [6.07, 6.45) is 3.23. The van der Waals surface area contributed by atoms with Gasteiger partial charge >= 0.3 is 12.0 Å². The number of urea groups is 1. The minimum atomic E-state index is -0.893. The molecule has 0 aromatic carbocycles. The fourth-order valence-electron chi connectivity index (χ4n) is 2.54. The van der Waals surface area contributed by atoms with Crippen molar-refractivity contribution >= 4 is 12.0 Å². The van der Waals surface area contributed by atoms with E-state index >= 15 is 0 Å². The van der Waals surface area contributed by atoms with Crippen LogP contribution in [0, 0.1) is 17.2 Å². The Labute approximate surface area is 113 Å². The maximum atomic E-state index is 12.0. The van der Waals surface area contributed by atoms with Crippen LogP contribution < -0.4 is 5.32 Å². The third kappa shape index (κ3) is 4.43. The number of hydrogen-bond donors (Lipinski definition) is 2. The molecular weight excluding hydrogens is 246 g/mol. The van der Waals surface area contributed by atoms with Crippen LogP contribution in [0.5, 0.6) is 0 Å². The Bertz CT molecular complexity index is 383. The normalized spacial score (nSPS) is 18.4. The van der Waals surface area contributed by atoms with Crippen LogP contribution in [0.2, 0.25) is 0 Å². The summed E-state index contributed by atoms with van der Waals surface area (Å²) in [5.74, 6) is -1.13. The van der Waals surface area contributed by atoms with Crippen LogP contribution in [0.25, 0.3) is 0 Å². The number of carbonyl (C=O) groups excluding carboxylic acids is 1. The number of rotatable bonds is 5. The van der Waals surface area contributed by atoms with Gasteiger partial charge < -0.3 is 15.3 Å². The maximum absolute atomic E-state index is 12.0. The van der Waals surface area contributed by atoms with E-state index in [1.54, 1.807) is 14.0 Å². The third-order valence-corrected chi connectivity index (χ3v) is 3.54. The second-order valence-electron chi connectivity index (χ2n) is 5.40. The number of hydrogen-bond acceptors (Lipinski definition) is 3. The van der Waals surface area contributed by atoms with Crippen molar-refractivity contribution in [1.29, 1.82) is 5.26 Å². The third-order valence-electron chi connectivity index (χ3n) is 3.54. The Kier molecular flexibility index (Phi) is 5.16. The lowest BCUT2D eigenvalue weighted by atomic mass is 9.93. The molecule has 106 valence electrons. The Hall–Kier alpha value is -1.77. The molecule has 2 amide bonds. The van der Waals surface area contributed by atoms with E-state index in [-0.39, 0.29) is 18.4 Å². The molecule has 0 aromatic rings. The topological polar surface area (TPSA) is 93.4 Å². The number of nitriles is 1. The first-order chi connectivity index (χ1) is 8.88. The van der Waals surface area contributed by atoms with Crippen LogP contribution in [0.1, 0.15) is 39.0 Å². The van der Waals surface area contributed by atoms with Crippen LogP contribution >= 0.6 is 0 Å². The number of nitrogens with zero attached hydrogens (tertiary/aromatic N) is 2. The molecule has 1 aliphatic rings. The van der Waals surface area contributed by atoms with E-state index in [0.29, 0.717) is 19.4 Å². The molecule has 0 aromatic heterocycles. The monoisotopic (exact) mass is 267 g/mol. The number of amides is 2. The molecule has 0 radical (unpaired) electrons. The number of aliphatic carboxylic acids is 1. The minimum Gasteiger partial charge on any atom is -0.481 e. The van der Waals surface area contributed by atoms with Crippen molar-refractivity contribution in [1.82, 2.24) is 10.2 Å². The molecule has 1 fully saturated rings. The van der Waals surface area contributed by atoms with E-state index in [9.17, 15) is 9.59 Å². The summed E-state index contributed by atoms with van der Waals surface area (Å²) >= 11 is 0. The zero-order valence-corrected chi connectivity index (χ0v) is 11.5. The minimum absolute atomic E-state index is 0.0413. The second kappa shape index (κ2) is 6.41. The zero-order valence-electron chi connectivity index (χ0n) is 11.5. The van der Waals surface area contributed by atoms with Gasteiger partial charge in [0.2, 0.25) is 0 Å². The van der Waals surface area contributed by atoms with E-state index in [4.69, 9.17) is 10.4 Å². The van der Waals surface area contributed by atoms with E-state index in [1.807, 2.05) is 0 Å². The van der Waals surface area contributed by atoms with Gasteiger partial charge in [0.15, 0.2) is 0 Å². The van der Waals surface area contributed by atoms with E-state index in [0.717, 1.165) is 12.8 Å². The molecule has 0 saturated heterocycles. The largest absolute Gasteiger partial charge is 0.481 e. The summed E-state index contributed by atoms with van der Waals surface area (Å²) in [4.78, 5) is 24.4. The van der Waals surface area contributed by atoms with Gasteiger partial charge in [-0.3, -0.25) is 4.79 Å². The van der Waals surface area contributed by atoms with Crippen LogP contribution in [-0.4, -0.2) is 41.1 Å². The molecule has 1 atom stereocenters. The van der Waals surface area contributed by atoms with Crippen molar-refractivity contribution < 1.29 is 14.7 Å². The van der Waals surface area contributed by atoms with Gasteiger partial charge in [0.25, 0.3) is 0 Å². The van der Waals surface area contributed by atoms with Gasteiger partial charge in [-0.15, -0.1) is 0 Å². The van der Waals surface area contributed by atoms with Crippen molar-refractivity contribution in [3.63, 3.8) is 0 Å². The first kappa shape index (κ1) is 15.3. The van der Waals surface area contributed by atoms with Crippen LogP contribution in [0.4, 0.5) is 4.79 Å². The highest BCUT2D eigenvalue weighted by Crippen LogP contribution is 2.32. The summed E-state index contributed by atoms with van der Waals surface area (Å²) in [5.41, 5.74) is -0.618. The summed E-state index contributed by atoms with van der Waals surface area (Å²) in [6.45, 7) is 2.08. The molecule has 1 unspecified atom stereocenters. The summed E-state index contributed by atoms with van der Waals surface area (Å²) in [7, 11) is 1.62. The highest BCUT2D eigenvalue weighted by Gasteiger charge is 2.38. The van der Waals surface area contributed by atoms with Crippen LogP contribution in [0.15, 0.2) is 0 Å². The number of carboxylic acids is 1. The molecule has 19 heavy (non-hydrogen) atoms. The van der Waals surface area contributed by atoms with Gasteiger partial charge in [0.1, 0.15) is 0 Å². The smallest absolute Gasteiger partial charge is 0.317 e. The summed E-state index contributed by atoms with van der Waals surface area (Å²) in [5, 5.41) is 20.5. The van der Waals surface area contributed by atoms with Crippen molar-refractivity contribution in [2.75, 3.05) is 13.6 Å². The first-order valence-electron chi connectivity index (χ1n) is 6.53. The summed E-state index contributed by atoms with van der Waals surface area (Å²) < 4.78 is 0. The SMILES string of the molecule is CC(C#N)CN(C)C(=O)NC1(CC(=O)O)CCCC1. The predicted octanol–water partition coefficient (Wildman–Crippen LogP) is 1.57. The lowest BCUT2D eigenvalue weighted by molar-refractivity contribution is -0.138. The van der Waals surface area contributed by atoms with Gasteiger partial charge in [-0.25, -0.2) is 4.79 Å². The molecular formula is C13H21N3O3. The fourth-order valence-corrected chi connectivity index (χ4v) is 2.54. The van der Waals surface area contributed by atoms with Crippen molar-refractivity contribution in [2.45, 2.75) is 44.6 Å². The number of nitrogens with one attached hydrogen (secondary N) is 1. The standard InChI is InChI=1S/C13H21N3O3/c1-10(8-14)9-16(2)12(19)15-13(7-11(17)18)5-3-4-6-13/h10H,3-7,9H2,1-2H3,(H,15,19)(H,17,18). The second-order valence-corrected chi connectivity index (χ2v) is 5.40. The molecule has 0 heterocycles. The Morgan fingerprint density at radius 3 is 2.53 bits per heavy atom. The van der Waals surface area contributed by atoms with Crippen LogP contribution in [0.3, 0.4) is 0 Å². The van der Waals surface area contributed by atoms with Crippen molar-refractivity contribution in [3.8, 4) is 6.07 Å². The molecule has 2 N–H and O–H groups in total. The molecule has 0 aliphatic heterocycles. The number of carbonyl (C=O) groups is 2. The summed E-state index contributed by atoms with van der Waals surface area (Å²) in [6, 6.07) is 1.77. The maximum Gasteiger partial charge on any atom is 0.317 e. The molecule has 0 bridgehead atoms. The average molecular weight is 267 g/mol. The highest BCUT2D eigenvalue weighted by atomic mass is 16.4. The average Bonchev–Trinajstić information content (AvgIpc) is 2.75. The molecule has 6 nitrogen and oxygen atoms in total. The van der Waals surface area contributed by atoms with Gasteiger partial charge in [0.05, 0.1) is 23.9 Å². The van der Waals surface area contributed by atoms with E-state index < -0.39 is 11.5 Å². The predicted molar refractivity (Wildman–Crippen MR) is 69.4 cm³/mol. The molecule has 1 saturated carbocycles. The van der Waals surface area contributed by atoms with E-state index in [2.05, 4.69) is 11.4 Å². The van der Waals surface area contributed by atoms with Crippen molar-refractivity contribution in [3.05, 3.63) is 0 Å². The number of carboxylic acid groups (broad SMARTS) is 1. The quantitative estimate of drug-likeness (QED) is 0.790. The Morgan fingerprint density at radius 2 is 2.05 bits per heavy atom. The first-order valence-corrected chi connectivity index (χ1v) is 6.53. The Morgan fingerprint density at radius 1 is 1.47 bits per heavy atom. The Balaban J connectivity index is 2.62. The fraction of sp³-hybridized carbons (Fsp3) is 0.769. The van der Waals surface area contributed by atoms with Gasteiger partial charge in [-0.1, -0.05) is 12.8 Å². The van der Waals surface area contributed by atoms with Gasteiger partial charge in [-0.05, 0) is 19.8 Å².